The Morgan fingerprint density at radius 2 is 1.40 bits per heavy atom. The van der Waals surface area contributed by atoms with Crippen molar-refractivity contribution in [2.75, 3.05) is 13.2 Å². The van der Waals surface area contributed by atoms with E-state index in [1.54, 1.807) is 38.1 Å². The smallest absolute Gasteiger partial charge is 0.325 e. The summed E-state index contributed by atoms with van der Waals surface area (Å²) in [6.45, 7) is 4.08. The van der Waals surface area contributed by atoms with Crippen molar-refractivity contribution in [2.45, 2.75) is 26.4 Å². The van der Waals surface area contributed by atoms with Crippen LogP contribution in [0.15, 0.2) is 54.6 Å². The zero-order valence-electron chi connectivity index (χ0n) is 14.4. The third-order valence-electron chi connectivity index (χ3n) is 3.51. The second kappa shape index (κ2) is 9.47. The minimum Gasteiger partial charge on any atom is -0.489 e. The molecule has 0 aromatic heterocycles. The summed E-state index contributed by atoms with van der Waals surface area (Å²) in [6, 6.07) is 16.6. The van der Waals surface area contributed by atoms with Gasteiger partial charge < -0.3 is 14.2 Å². The van der Waals surface area contributed by atoms with Gasteiger partial charge in [-0.05, 0) is 25.5 Å². The van der Waals surface area contributed by atoms with Crippen LogP contribution in [0.4, 0.5) is 0 Å². The first-order valence-electron chi connectivity index (χ1n) is 8.26. The lowest BCUT2D eigenvalue weighted by Crippen LogP contribution is -2.26. The van der Waals surface area contributed by atoms with Crippen LogP contribution < -0.4 is 4.74 Å². The average molecular weight is 342 g/mol. The highest BCUT2D eigenvalue weighted by molar-refractivity contribution is 6.01. The maximum Gasteiger partial charge on any atom is 0.325 e. The van der Waals surface area contributed by atoms with Crippen molar-refractivity contribution in [1.82, 2.24) is 0 Å². The molecule has 0 radical (unpaired) electrons. The second-order valence-corrected chi connectivity index (χ2v) is 5.25. The molecule has 0 fully saturated rings. The van der Waals surface area contributed by atoms with Crippen LogP contribution in [0.5, 0.6) is 5.75 Å². The van der Waals surface area contributed by atoms with E-state index in [0.29, 0.717) is 17.9 Å². The third-order valence-corrected chi connectivity index (χ3v) is 3.51. The van der Waals surface area contributed by atoms with Gasteiger partial charge in [0.25, 0.3) is 0 Å². The summed E-state index contributed by atoms with van der Waals surface area (Å²) < 4.78 is 15.9. The van der Waals surface area contributed by atoms with E-state index < -0.39 is 17.9 Å². The molecule has 2 aromatic rings. The Kier molecular flexibility index (Phi) is 7.01. The first-order chi connectivity index (χ1) is 12.2. The van der Waals surface area contributed by atoms with Gasteiger partial charge >= 0.3 is 11.9 Å². The van der Waals surface area contributed by atoms with Crippen molar-refractivity contribution in [3.63, 3.8) is 0 Å². The van der Waals surface area contributed by atoms with Crippen molar-refractivity contribution in [3.8, 4) is 5.75 Å². The van der Waals surface area contributed by atoms with Crippen LogP contribution in [0.2, 0.25) is 0 Å². The minimum absolute atomic E-state index is 0.182. The highest BCUT2D eigenvalue weighted by Crippen LogP contribution is 2.29. The van der Waals surface area contributed by atoms with E-state index in [2.05, 4.69) is 0 Å². The molecule has 0 aliphatic carbocycles. The van der Waals surface area contributed by atoms with Gasteiger partial charge in [-0.2, -0.15) is 0 Å². The van der Waals surface area contributed by atoms with E-state index >= 15 is 0 Å². The highest BCUT2D eigenvalue weighted by atomic mass is 16.6. The summed E-state index contributed by atoms with van der Waals surface area (Å²) in [5.41, 5.74) is 1.43. The molecule has 0 aliphatic heterocycles. The summed E-state index contributed by atoms with van der Waals surface area (Å²) in [6.07, 6.45) is 0. The molecule has 0 heterocycles. The third kappa shape index (κ3) is 5.08. The lowest BCUT2D eigenvalue weighted by atomic mass is 9.98. The van der Waals surface area contributed by atoms with Gasteiger partial charge in [-0.15, -0.1) is 0 Å². The topological polar surface area (TPSA) is 61.8 Å². The Balaban J connectivity index is 2.27. The Labute approximate surface area is 147 Å². The van der Waals surface area contributed by atoms with Crippen LogP contribution in [0.1, 0.15) is 30.9 Å². The van der Waals surface area contributed by atoms with Crippen LogP contribution in [-0.4, -0.2) is 25.2 Å². The van der Waals surface area contributed by atoms with Crippen LogP contribution >= 0.6 is 0 Å². The predicted octanol–water partition coefficient (Wildman–Crippen LogP) is 3.48. The summed E-state index contributed by atoms with van der Waals surface area (Å²) in [4.78, 5) is 24.6. The van der Waals surface area contributed by atoms with Crippen LogP contribution in [-0.2, 0) is 25.7 Å². The van der Waals surface area contributed by atoms with Crippen LogP contribution in [0, 0.1) is 0 Å². The Morgan fingerprint density at radius 1 is 0.840 bits per heavy atom. The number of ether oxygens (including phenoxy) is 3. The molecule has 5 nitrogen and oxygen atoms in total. The fourth-order valence-corrected chi connectivity index (χ4v) is 2.39. The van der Waals surface area contributed by atoms with Crippen molar-refractivity contribution in [2.24, 2.45) is 0 Å². The van der Waals surface area contributed by atoms with Gasteiger partial charge in [0.2, 0.25) is 0 Å². The van der Waals surface area contributed by atoms with E-state index in [1.165, 1.54) is 0 Å². The molecule has 0 saturated heterocycles. The standard InChI is InChI=1S/C20H22O5/c1-3-23-19(21)18(20(22)24-4-2)16-12-8-9-13-17(16)25-14-15-10-6-5-7-11-15/h5-13,18H,3-4,14H2,1-2H3. The number of hydrogen-bond acceptors (Lipinski definition) is 5. The Morgan fingerprint density at radius 3 is 2.00 bits per heavy atom. The molecule has 0 unspecified atom stereocenters. The number of carbonyl (C=O) groups is 2. The molecular weight excluding hydrogens is 320 g/mol. The molecule has 0 saturated carbocycles. The molecular formula is C20H22O5. The molecule has 132 valence electrons. The van der Waals surface area contributed by atoms with Gasteiger partial charge in [-0.1, -0.05) is 48.5 Å². The Hall–Kier alpha value is -2.82. The Bertz CT molecular complexity index is 678. The largest absolute Gasteiger partial charge is 0.489 e. The second-order valence-electron chi connectivity index (χ2n) is 5.25. The van der Waals surface area contributed by atoms with Crippen molar-refractivity contribution >= 4 is 11.9 Å². The molecule has 0 spiro atoms. The van der Waals surface area contributed by atoms with E-state index in [4.69, 9.17) is 14.2 Å². The normalized spacial score (nSPS) is 10.4. The SMILES string of the molecule is CCOC(=O)C(C(=O)OCC)c1ccccc1OCc1ccccc1. The molecule has 0 aliphatic rings. The number of benzene rings is 2. The van der Waals surface area contributed by atoms with Crippen molar-refractivity contribution < 1.29 is 23.8 Å². The molecule has 2 rings (SSSR count). The van der Waals surface area contributed by atoms with Crippen molar-refractivity contribution in [3.05, 3.63) is 65.7 Å². The first-order valence-corrected chi connectivity index (χ1v) is 8.26. The molecule has 2 aromatic carbocycles. The average Bonchev–Trinajstić information content (AvgIpc) is 2.62. The number of carbonyl (C=O) groups excluding carboxylic acids is 2. The van der Waals surface area contributed by atoms with Crippen LogP contribution in [0.25, 0.3) is 0 Å². The fourth-order valence-electron chi connectivity index (χ4n) is 2.39. The number of esters is 2. The van der Waals surface area contributed by atoms with Gasteiger partial charge in [0.05, 0.1) is 13.2 Å². The summed E-state index contributed by atoms with van der Waals surface area (Å²) >= 11 is 0. The summed E-state index contributed by atoms with van der Waals surface area (Å²) in [7, 11) is 0. The quantitative estimate of drug-likeness (QED) is 0.543. The summed E-state index contributed by atoms with van der Waals surface area (Å²) in [5.74, 6) is -1.99. The van der Waals surface area contributed by atoms with E-state index in [1.807, 2.05) is 30.3 Å². The molecule has 5 heteroatoms. The van der Waals surface area contributed by atoms with Gasteiger partial charge in [-0.25, -0.2) is 0 Å². The van der Waals surface area contributed by atoms with E-state index in [0.717, 1.165) is 5.56 Å². The number of hydrogen-bond donors (Lipinski definition) is 0. The molecule has 0 bridgehead atoms. The first kappa shape index (κ1) is 18.5. The molecule has 0 amide bonds. The van der Waals surface area contributed by atoms with Gasteiger partial charge in [0.15, 0.2) is 5.92 Å². The lowest BCUT2D eigenvalue weighted by Gasteiger charge is -2.18. The maximum atomic E-state index is 12.3. The maximum absolute atomic E-state index is 12.3. The highest BCUT2D eigenvalue weighted by Gasteiger charge is 2.33. The van der Waals surface area contributed by atoms with Gasteiger partial charge in [0.1, 0.15) is 12.4 Å². The molecule has 25 heavy (non-hydrogen) atoms. The van der Waals surface area contributed by atoms with E-state index in [-0.39, 0.29) is 13.2 Å². The molecule has 0 atom stereocenters. The van der Waals surface area contributed by atoms with Crippen LogP contribution in [0.3, 0.4) is 0 Å². The minimum atomic E-state index is -1.16. The zero-order valence-corrected chi connectivity index (χ0v) is 14.4. The monoisotopic (exact) mass is 342 g/mol. The zero-order chi connectivity index (χ0) is 18.1. The van der Waals surface area contributed by atoms with E-state index in [9.17, 15) is 9.59 Å². The van der Waals surface area contributed by atoms with Gasteiger partial charge in [0, 0.05) is 5.56 Å². The number of para-hydroxylation sites is 1. The number of rotatable bonds is 8. The van der Waals surface area contributed by atoms with Crippen molar-refractivity contribution in [1.29, 1.82) is 0 Å². The summed E-state index contributed by atoms with van der Waals surface area (Å²) in [5, 5.41) is 0. The predicted molar refractivity (Wildman–Crippen MR) is 93.2 cm³/mol. The molecule has 0 N–H and O–H groups in total. The van der Waals surface area contributed by atoms with Gasteiger partial charge in [-0.3, -0.25) is 9.59 Å². The fraction of sp³-hybridized carbons (Fsp3) is 0.300. The lowest BCUT2D eigenvalue weighted by molar-refractivity contribution is -0.157.